The molecule has 6 heteroatoms. The number of ketones is 1. The maximum atomic E-state index is 14.2. The molecule has 2 atom stereocenters. The first-order valence-corrected chi connectivity index (χ1v) is 9.80. The Balaban J connectivity index is 1.87. The standard InChI is InChI=1S/C22H28FN3O2/c1-4-16-8-9-19(24-13-16)25-14-22(11-10-15(2)12-26-22)21(27)17-6-5-7-18(23)20(17)28-3/h5-9,13,15,26H,4,10-12,14H2,1-3H3,(H,24,25)/t15-,22-/m0/s1. The molecule has 2 N–H and O–H groups in total. The highest BCUT2D eigenvalue weighted by atomic mass is 19.1. The average molecular weight is 385 g/mol. The van der Waals surface area contributed by atoms with Crippen LogP contribution in [0.15, 0.2) is 36.5 Å². The number of nitrogens with zero attached hydrogens (tertiary/aromatic N) is 1. The van der Waals surface area contributed by atoms with Gasteiger partial charge in [0.2, 0.25) is 0 Å². The Hall–Kier alpha value is -2.47. The highest BCUT2D eigenvalue weighted by Gasteiger charge is 2.42. The van der Waals surface area contributed by atoms with E-state index < -0.39 is 11.4 Å². The predicted molar refractivity (Wildman–Crippen MR) is 109 cm³/mol. The Morgan fingerprint density at radius 1 is 1.39 bits per heavy atom. The molecule has 0 amide bonds. The van der Waals surface area contributed by atoms with Gasteiger partial charge in [-0.1, -0.05) is 26.0 Å². The number of benzene rings is 1. The van der Waals surface area contributed by atoms with Crippen molar-refractivity contribution >= 4 is 11.6 Å². The number of anilines is 1. The highest BCUT2D eigenvalue weighted by Crippen LogP contribution is 2.31. The molecule has 1 saturated heterocycles. The predicted octanol–water partition coefficient (Wildman–Crippen LogP) is 3.84. The van der Waals surface area contributed by atoms with E-state index in [1.54, 1.807) is 12.1 Å². The van der Waals surface area contributed by atoms with Crippen molar-refractivity contribution in [1.29, 1.82) is 0 Å². The molecule has 2 heterocycles. The van der Waals surface area contributed by atoms with Gasteiger partial charge in [0.15, 0.2) is 17.3 Å². The Labute approximate surface area is 165 Å². The number of piperidine rings is 1. The Morgan fingerprint density at radius 3 is 2.82 bits per heavy atom. The molecule has 0 spiro atoms. The molecular formula is C22H28FN3O2. The Bertz CT molecular complexity index is 815. The Kier molecular flexibility index (Phi) is 6.29. The normalized spacial score (nSPS) is 21.9. The summed E-state index contributed by atoms with van der Waals surface area (Å²) in [6, 6.07) is 8.42. The van der Waals surface area contributed by atoms with Crippen LogP contribution in [0.25, 0.3) is 0 Å². The molecule has 1 aromatic carbocycles. The second kappa shape index (κ2) is 8.69. The molecule has 0 saturated carbocycles. The Morgan fingerprint density at radius 2 is 2.21 bits per heavy atom. The number of nitrogens with one attached hydrogen (secondary N) is 2. The number of Topliss-reactive ketones (excluding diaryl/α,β-unsaturated/α-hetero) is 1. The number of methoxy groups -OCH3 is 1. The summed E-state index contributed by atoms with van der Waals surface area (Å²) in [4.78, 5) is 17.9. The van der Waals surface area contributed by atoms with Gasteiger partial charge in [-0.3, -0.25) is 4.79 Å². The first kappa shape index (κ1) is 20.3. The molecule has 1 aliphatic heterocycles. The van der Waals surface area contributed by atoms with Gasteiger partial charge in [-0.25, -0.2) is 9.37 Å². The largest absolute Gasteiger partial charge is 0.493 e. The van der Waals surface area contributed by atoms with Crippen LogP contribution in [0.4, 0.5) is 10.2 Å². The van der Waals surface area contributed by atoms with Crippen molar-refractivity contribution in [2.45, 2.75) is 38.6 Å². The van der Waals surface area contributed by atoms with Crippen molar-refractivity contribution in [2.24, 2.45) is 5.92 Å². The van der Waals surface area contributed by atoms with Crippen LogP contribution in [0.5, 0.6) is 5.75 Å². The van der Waals surface area contributed by atoms with Gasteiger partial charge in [0.1, 0.15) is 5.82 Å². The first-order valence-electron chi connectivity index (χ1n) is 9.80. The summed E-state index contributed by atoms with van der Waals surface area (Å²) in [5.41, 5.74) is 0.588. The van der Waals surface area contributed by atoms with E-state index in [-0.39, 0.29) is 17.1 Å². The maximum Gasteiger partial charge on any atom is 0.188 e. The molecule has 5 nitrogen and oxygen atoms in total. The first-order chi connectivity index (χ1) is 13.5. The number of carbonyl (C=O) groups excluding carboxylic acids is 1. The number of hydrogen-bond acceptors (Lipinski definition) is 5. The van der Waals surface area contributed by atoms with Crippen molar-refractivity contribution in [2.75, 3.05) is 25.5 Å². The van der Waals surface area contributed by atoms with Gasteiger partial charge in [0.25, 0.3) is 0 Å². The fraction of sp³-hybridized carbons (Fsp3) is 0.455. The second-order valence-electron chi connectivity index (χ2n) is 7.52. The second-order valence-corrected chi connectivity index (χ2v) is 7.52. The summed E-state index contributed by atoms with van der Waals surface area (Å²) in [5, 5.41) is 6.72. The van der Waals surface area contributed by atoms with E-state index in [2.05, 4.69) is 29.5 Å². The lowest BCUT2D eigenvalue weighted by Gasteiger charge is -2.39. The maximum absolute atomic E-state index is 14.2. The van der Waals surface area contributed by atoms with Crippen LogP contribution in [0.3, 0.4) is 0 Å². The minimum Gasteiger partial charge on any atom is -0.493 e. The van der Waals surface area contributed by atoms with Crippen molar-refractivity contribution in [3.05, 3.63) is 53.5 Å². The van der Waals surface area contributed by atoms with Crippen molar-refractivity contribution in [3.8, 4) is 5.75 Å². The van der Waals surface area contributed by atoms with Crippen LogP contribution >= 0.6 is 0 Å². The van der Waals surface area contributed by atoms with Crippen LogP contribution in [0.1, 0.15) is 42.6 Å². The summed E-state index contributed by atoms with van der Waals surface area (Å²) in [6.45, 7) is 5.34. The molecule has 150 valence electrons. The number of aromatic nitrogens is 1. The van der Waals surface area contributed by atoms with E-state index >= 15 is 0 Å². The number of carbonyl (C=O) groups is 1. The lowest BCUT2D eigenvalue weighted by molar-refractivity contribution is 0.0802. The molecule has 28 heavy (non-hydrogen) atoms. The summed E-state index contributed by atoms with van der Waals surface area (Å²) in [5.74, 6) is 0.511. The van der Waals surface area contributed by atoms with Gasteiger partial charge in [0.05, 0.1) is 18.2 Å². The monoisotopic (exact) mass is 385 g/mol. The number of rotatable bonds is 7. The molecule has 1 aliphatic rings. The summed E-state index contributed by atoms with van der Waals surface area (Å²) in [7, 11) is 1.38. The molecule has 0 radical (unpaired) electrons. The van der Waals surface area contributed by atoms with Gasteiger partial charge < -0.3 is 15.4 Å². The summed E-state index contributed by atoms with van der Waals surface area (Å²) in [6.07, 6.45) is 4.34. The van der Waals surface area contributed by atoms with E-state index in [9.17, 15) is 9.18 Å². The molecule has 3 rings (SSSR count). The summed E-state index contributed by atoms with van der Waals surface area (Å²) < 4.78 is 19.3. The average Bonchev–Trinajstić information content (AvgIpc) is 2.73. The van der Waals surface area contributed by atoms with E-state index in [1.807, 2.05) is 18.3 Å². The third-order valence-corrected chi connectivity index (χ3v) is 5.51. The highest BCUT2D eigenvalue weighted by molar-refractivity contribution is 6.06. The van der Waals surface area contributed by atoms with Crippen LogP contribution in [-0.4, -0.2) is 36.5 Å². The number of halogens is 1. The third-order valence-electron chi connectivity index (χ3n) is 5.51. The summed E-state index contributed by atoms with van der Waals surface area (Å²) >= 11 is 0. The van der Waals surface area contributed by atoms with E-state index in [1.165, 1.54) is 13.2 Å². The number of para-hydroxylation sites is 1. The molecule has 1 fully saturated rings. The fourth-order valence-corrected chi connectivity index (χ4v) is 3.61. The zero-order chi connectivity index (χ0) is 20.1. The SMILES string of the molecule is CCc1ccc(NC[C@]2(C(=O)c3cccc(F)c3OC)CC[C@H](C)CN2)nc1. The zero-order valence-electron chi connectivity index (χ0n) is 16.7. The van der Waals surface area contributed by atoms with Gasteiger partial charge in [-0.05, 0) is 55.5 Å². The van der Waals surface area contributed by atoms with Gasteiger partial charge in [-0.2, -0.15) is 0 Å². The molecule has 2 aromatic rings. The molecule has 0 aliphatic carbocycles. The van der Waals surface area contributed by atoms with Crippen molar-refractivity contribution < 1.29 is 13.9 Å². The number of aryl methyl sites for hydroxylation is 1. The van der Waals surface area contributed by atoms with E-state index in [0.29, 0.717) is 18.9 Å². The number of hydrogen-bond donors (Lipinski definition) is 2. The van der Waals surface area contributed by atoms with Gasteiger partial charge in [-0.15, -0.1) is 0 Å². The zero-order valence-corrected chi connectivity index (χ0v) is 16.7. The lowest BCUT2D eigenvalue weighted by atomic mass is 9.79. The van der Waals surface area contributed by atoms with Gasteiger partial charge in [0, 0.05) is 12.7 Å². The van der Waals surface area contributed by atoms with E-state index in [4.69, 9.17) is 4.74 Å². The molecule has 1 aromatic heterocycles. The van der Waals surface area contributed by atoms with Crippen LogP contribution in [0, 0.1) is 11.7 Å². The van der Waals surface area contributed by atoms with Crippen molar-refractivity contribution in [3.63, 3.8) is 0 Å². The van der Waals surface area contributed by atoms with Crippen LogP contribution < -0.4 is 15.4 Å². The number of ether oxygens (including phenoxy) is 1. The third kappa shape index (κ3) is 4.17. The van der Waals surface area contributed by atoms with E-state index in [0.717, 1.165) is 30.8 Å². The lowest BCUT2D eigenvalue weighted by Crippen LogP contribution is -2.60. The topological polar surface area (TPSA) is 63.2 Å². The molecule has 0 bridgehead atoms. The molecular weight excluding hydrogens is 357 g/mol. The minimum atomic E-state index is -0.835. The fourth-order valence-electron chi connectivity index (χ4n) is 3.61. The quantitative estimate of drug-likeness (QED) is 0.709. The van der Waals surface area contributed by atoms with Crippen LogP contribution in [-0.2, 0) is 6.42 Å². The van der Waals surface area contributed by atoms with Crippen molar-refractivity contribution in [1.82, 2.24) is 10.3 Å². The smallest absolute Gasteiger partial charge is 0.188 e. The van der Waals surface area contributed by atoms with Gasteiger partial charge >= 0.3 is 0 Å². The molecule has 0 unspecified atom stereocenters. The minimum absolute atomic E-state index is 0.00211. The van der Waals surface area contributed by atoms with Crippen LogP contribution in [0.2, 0.25) is 0 Å². The number of pyridine rings is 1.